The smallest absolute Gasteiger partial charge is 0.335 e. The quantitative estimate of drug-likeness (QED) is 0.560. The van der Waals surface area contributed by atoms with Crippen molar-refractivity contribution in [3.63, 3.8) is 0 Å². The molecule has 142 valence electrons. The molecule has 0 saturated carbocycles. The Morgan fingerprint density at radius 3 is 2.27 bits per heavy atom. The number of ether oxygens (including phenoxy) is 2. The van der Waals surface area contributed by atoms with E-state index in [1.54, 1.807) is 0 Å². The lowest BCUT2D eigenvalue weighted by Crippen LogP contribution is -2.41. The first-order valence-electron chi connectivity index (χ1n) is 8.88. The predicted molar refractivity (Wildman–Crippen MR) is 104 cm³/mol. The average Bonchev–Trinajstić information content (AvgIpc) is 2.90. The van der Waals surface area contributed by atoms with Gasteiger partial charge in [-0.05, 0) is 18.5 Å². The molecule has 0 spiro atoms. The Labute approximate surface area is 157 Å². The minimum absolute atomic E-state index is 0.0834. The Kier molecular flexibility index (Phi) is 6.29. The van der Waals surface area contributed by atoms with Crippen molar-refractivity contribution in [3.05, 3.63) is 47.2 Å². The maximum Gasteiger partial charge on any atom is 0.335 e. The second kappa shape index (κ2) is 8.08. The first kappa shape index (κ1) is 20.2. The highest BCUT2D eigenvalue weighted by atomic mass is 28.3. The summed E-state index contributed by atoms with van der Waals surface area (Å²) >= 11 is 0. The summed E-state index contributed by atoms with van der Waals surface area (Å²) in [5.41, 5.74) is 2.32. The van der Waals surface area contributed by atoms with E-state index in [4.69, 9.17) is 9.47 Å². The van der Waals surface area contributed by atoms with Crippen molar-refractivity contribution >= 4 is 20.0 Å². The lowest BCUT2D eigenvalue weighted by molar-refractivity contribution is -0.147. The van der Waals surface area contributed by atoms with Gasteiger partial charge in [-0.25, -0.2) is 9.59 Å². The zero-order valence-electron chi connectivity index (χ0n) is 16.5. The molecule has 0 aromatic heterocycles. The maximum atomic E-state index is 12.7. The number of nitrogens with zero attached hydrogens (tertiary/aromatic N) is 1. The molecule has 1 aliphatic rings. The lowest BCUT2D eigenvalue weighted by atomic mass is 10.0. The number of rotatable bonds is 6. The van der Waals surface area contributed by atoms with Gasteiger partial charge in [0.15, 0.2) is 6.04 Å². The predicted octanol–water partition coefficient (Wildman–Crippen LogP) is 3.76. The lowest BCUT2D eigenvalue weighted by Gasteiger charge is -2.37. The molecule has 6 heteroatoms. The molecule has 0 saturated heterocycles. The molecule has 26 heavy (non-hydrogen) atoms. The second-order valence-electron chi connectivity index (χ2n) is 7.92. The van der Waals surface area contributed by atoms with Crippen molar-refractivity contribution in [2.24, 2.45) is 0 Å². The summed E-state index contributed by atoms with van der Waals surface area (Å²) in [6, 6.07) is 10.1. The molecule has 1 heterocycles. The van der Waals surface area contributed by atoms with E-state index in [0.29, 0.717) is 12.0 Å². The van der Waals surface area contributed by atoms with Crippen LogP contribution in [0.25, 0.3) is 0 Å². The van der Waals surface area contributed by atoms with Gasteiger partial charge in [0, 0.05) is 26.2 Å². The fraction of sp³-hybridized carbons (Fsp3) is 0.500. The van der Waals surface area contributed by atoms with E-state index in [-0.39, 0.29) is 18.0 Å². The molecule has 1 aliphatic heterocycles. The van der Waals surface area contributed by atoms with Gasteiger partial charge in [0.05, 0.1) is 19.8 Å². The van der Waals surface area contributed by atoms with Gasteiger partial charge >= 0.3 is 11.9 Å². The monoisotopic (exact) mass is 375 g/mol. The Balaban J connectivity index is 2.53. The van der Waals surface area contributed by atoms with E-state index < -0.39 is 14.1 Å². The molecule has 0 aliphatic carbocycles. The molecule has 0 amide bonds. The summed E-state index contributed by atoms with van der Waals surface area (Å²) in [4.78, 5) is 27.1. The molecule has 2 atom stereocenters. The van der Waals surface area contributed by atoms with Crippen LogP contribution >= 0.6 is 0 Å². The summed E-state index contributed by atoms with van der Waals surface area (Å²) in [7, 11) is 1.37. The van der Waals surface area contributed by atoms with Gasteiger partial charge in [0.1, 0.15) is 0 Å². The van der Waals surface area contributed by atoms with E-state index in [9.17, 15) is 9.59 Å². The summed E-state index contributed by atoms with van der Waals surface area (Å²) in [5.74, 6) is -0.635. The third-order valence-electron chi connectivity index (χ3n) is 4.75. The minimum Gasteiger partial charge on any atom is -0.467 e. The van der Waals surface area contributed by atoms with Crippen LogP contribution in [0.5, 0.6) is 0 Å². The molecular formula is C20H29NO4Si. The highest BCUT2D eigenvalue weighted by molar-refractivity contribution is 6.76. The third-order valence-corrected chi connectivity index (χ3v) is 6.45. The van der Waals surface area contributed by atoms with Crippen molar-refractivity contribution in [2.75, 3.05) is 14.2 Å². The molecule has 0 fully saturated rings. The van der Waals surface area contributed by atoms with Crippen LogP contribution in [0.3, 0.4) is 0 Å². The highest BCUT2D eigenvalue weighted by Crippen LogP contribution is 2.40. The van der Waals surface area contributed by atoms with E-state index in [1.807, 2.05) is 37.3 Å². The number of carbonyl (C=O) groups excluding carboxylic acids is 2. The summed E-state index contributed by atoms with van der Waals surface area (Å²) in [6.07, 6.45) is 0.600. The third kappa shape index (κ3) is 4.36. The van der Waals surface area contributed by atoms with Crippen molar-refractivity contribution in [3.8, 4) is 0 Å². The van der Waals surface area contributed by atoms with Crippen molar-refractivity contribution in [2.45, 2.75) is 51.1 Å². The molecule has 0 radical (unpaired) electrons. The molecule has 2 unspecified atom stereocenters. The number of hydrogen-bond acceptors (Lipinski definition) is 5. The van der Waals surface area contributed by atoms with Gasteiger partial charge in [-0.15, -0.1) is 0 Å². The number of hydrogen-bond donors (Lipinski definition) is 0. The zero-order valence-corrected chi connectivity index (χ0v) is 17.5. The van der Waals surface area contributed by atoms with Crippen molar-refractivity contribution < 1.29 is 19.1 Å². The van der Waals surface area contributed by atoms with Crippen molar-refractivity contribution in [1.29, 1.82) is 0 Å². The average molecular weight is 376 g/mol. The van der Waals surface area contributed by atoms with Crippen LogP contribution < -0.4 is 0 Å². The van der Waals surface area contributed by atoms with Crippen LogP contribution in [0.2, 0.25) is 25.7 Å². The minimum atomic E-state index is -1.43. The van der Waals surface area contributed by atoms with Crippen LogP contribution in [0, 0.1) is 0 Å². The van der Waals surface area contributed by atoms with Gasteiger partial charge < -0.3 is 14.4 Å². The normalized spacial score (nSPS) is 18.7. The Hall–Kier alpha value is -2.08. The topological polar surface area (TPSA) is 55.8 Å². The Morgan fingerprint density at radius 1 is 1.15 bits per heavy atom. The van der Waals surface area contributed by atoms with Gasteiger partial charge in [0.2, 0.25) is 0 Å². The highest BCUT2D eigenvalue weighted by Gasteiger charge is 2.42. The van der Waals surface area contributed by atoms with Gasteiger partial charge in [-0.3, -0.25) is 0 Å². The number of allylic oxidation sites excluding steroid dienone is 1. The molecule has 0 bridgehead atoms. The van der Waals surface area contributed by atoms with E-state index >= 15 is 0 Å². The largest absolute Gasteiger partial charge is 0.467 e. The number of esters is 2. The summed E-state index contributed by atoms with van der Waals surface area (Å²) in [5, 5.41) is 0. The molecule has 5 nitrogen and oxygen atoms in total. The summed E-state index contributed by atoms with van der Waals surface area (Å²) < 4.78 is 10.1. The SMILES string of the molecule is COC(=O)C1=C(C)N(C(C(=O)OC)c2ccccc2)C(C[Si](C)(C)C)C1. The maximum absolute atomic E-state index is 12.7. The van der Waals surface area contributed by atoms with Crippen molar-refractivity contribution in [1.82, 2.24) is 4.90 Å². The fourth-order valence-electron chi connectivity index (χ4n) is 3.70. The van der Waals surface area contributed by atoms with E-state index in [0.717, 1.165) is 17.3 Å². The second-order valence-corrected chi connectivity index (χ2v) is 13.5. The standard InChI is InChI=1S/C20H29NO4Si/c1-14-17(19(22)24-2)12-16(13-26(4,5)6)21(14)18(20(23)25-3)15-10-8-7-9-11-15/h7-11,16,18H,12-13H2,1-6H3. The number of carbonyl (C=O) groups is 2. The van der Waals surface area contributed by atoms with Gasteiger partial charge in [-0.1, -0.05) is 50.0 Å². The van der Waals surface area contributed by atoms with Crippen LogP contribution in [-0.4, -0.2) is 45.2 Å². The molecule has 1 aromatic carbocycles. The van der Waals surface area contributed by atoms with Crippen LogP contribution in [0.1, 0.15) is 24.9 Å². The first-order valence-corrected chi connectivity index (χ1v) is 12.6. The fourth-order valence-corrected chi connectivity index (χ4v) is 5.46. The first-order chi connectivity index (χ1) is 12.2. The van der Waals surface area contributed by atoms with Gasteiger partial charge in [-0.2, -0.15) is 0 Å². The van der Waals surface area contributed by atoms with Gasteiger partial charge in [0.25, 0.3) is 0 Å². The van der Waals surface area contributed by atoms with Crippen LogP contribution in [0.4, 0.5) is 0 Å². The van der Waals surface area contributed by atoms with Crippen LogP contribution in [-0.2, 0) is 19.1 Å². The molecular weight excluding hydrogens is 346 g/mol. The molecule has 1 aromatic rings. The summed E-state index contributed by atoms with van der Waals surface area (Å²) in [6.45, 7) is 8.79. The Morgan fingerprint density at radius 2 is 1.77 bits per heavy atom. The molecule has 0 N–H and O–H groups in total. The zero-order chi connectivity index (χ0) is 19.5. The van der Waals surface area contributed by atoms with Crippen LogP contribution in [0.15, 0.2) is 41.6 Å². The number of benzene rings is 1. The van der Waals surface area contributed by atoms with E-state index in [1.165, 1.54) is 14.2 Å². The Bertz CT molecular complexity index is 694. The van der Waals surface area contributed by atoms with E-state index in [2.05, 4.69) is 24.5 Å². The number of methoxy groups -OCH3 is 2. The molecule has 2 rings (SSSR count).